The fraction of sp³-hybridized carbons (Fsp3) is 0.310. The molecule has 1 aliphatic carbocycles. The van der Waals surface area contributed by atoms with Crippen molar-refractivity contribution in [1.29, 1.82) is 0 Å². The van der Waals surface area contributed by atoms with Crippen molar-refractivity contribution in [3.8, 4) is 16.9 Å². The van der Waals surface area contributed by atoms with E-state index in [2.05, 4.69) is 108 Å². The van der Waals surface area contributed by atoms with Gasteiger partial charge in [0.25, 0.3) is 0 Å². The third-order valence-corrected chi connectivity index (χ3v) is 6.11. The Kier molecular flexibility index (Phi) is 4.89. The van der Waals surface area contributed by atoms with Crippen molar-refractivity contribution in [3.63, 3.8) is 0 Å². The molecule has 0 heterocycles. The molecule has 3 aromatic carbocycles. The standard InChI is InChI=1S/C29H32O/c1-28(2,3)22-17-25(27(30)26(18-22)29(4,5)6)24-14-10-9-13-23(24)21-15-19-11-7-8-12-20(19)16-21/h7-15,17-18,30H,16H2,1-6H3. The Morgan fingerprint density at radius 3 is 1.97 bits per heavy atom. The van der Waals surface area contributed by atoms with Crippen LogP contribution >= 0.6 is 0 Å². The van der Waals surface area contributed by atoms with Crippen molar-refractivity contribution in [2.24, 2.45) is 0 Å². The number of hydrogen-bond acceptors (Lipinski definition) is 1. The average Bonchev–Trinajstić information content (AvgIpc) is 3.10. The Balaban J connectivity index is 1.93. The molecular weight excluding hydrogens is 364 g/mol. The van der Waals surface area contributed by atoms with Gasteiger partial charge in [-0.25, -0.2) is 0 Å². The molecule has 1 N–H and O–H groups in total. The second kappa shape index (κ2) is 7.16. The number of rotatable bonds is 2. The van der Waals surface area contributed by atoms with Crippen molar-refractivity contribution in [1.82, 2.24) is 0 Å². The molecule has 154 valence electrons. The molecule has 1 heteroatoms. The van der Waals surface area contributed by atoms with Crippen molar-refractivity contribution >= 4 is 11.6 Å². The van der Waals surface area contributed by atoms with E-state index < -0.39 is 0 Å². The van der Waals surface area contributed by atoms with Gasteiger partial charge >= 0.3 is 0 Å². The van der Waals surface area contributed by atoms with Crippen LogP contribution < -0.4 is 0 Å². The molecule has 0 unspecified atom stereocenters. The predicted octanol–water partition coefficient (Wildman–Crippen LogP) is 7.75. The molecule has 4 rings (SSSR count). The first kappa shape index (κ1) is 20.5. The average molecular weight is 397 g/mol. The molecule has 1 nitrogen and oxygen atoms in total. The molecule has 1 aliphatic rings. The summed E-state index contributed by atoms with van der Waals surface area (Å²) in [5, 5.41) is 11.4. The molecule has 0 aromatic heterocycles. The lowest BCUT2D eigenvalue weighted by Gasteiger charge is -2.28. The Morgan fingerprint density at radius 2 is 1.33 bits per heavy atom. The summed E-state index contributed by atoms with van der Waals surface area (Å²) < 4.78 is 0. The predicted molar refractivity (Wildman–Crippen MR) is 129 cm³/mol. The first-order chi connectivity index (χ1) is 14.1. The second-order valence-corrected chi connectivity index (χ2v) is 10.5. The lowest BCUT2D eigenvalue weighted by molar-refractivity contribution is 0.446. The van der Waals surface area contributed by atoms with Gasteiger partial charge < -0.3 is 5.11 Å². The van der Waals surface area contributed by atoms with Gasteiger partial charge in [-0.3, -0.25) is 0 Å². The van der Waals surface area contributed by atoms with Crippen LogP contribution in [-0.2, 0) is 17.3 Å². The van der Waals surface area contributed by atoms with E-state index in [1.165, 1.54) is 27.8 Å². The highest BCUT2D eigenvalue weighted by molar-refractivity contribution is 5.95. The van der Waals surface area contributed by atoms with Crippen LogP contribution in [0.15, 0.2) is 60.7 Å². The minimum atomic E-state index is -0.141. The molecule has 0 atom stereocenters. The maximum Gasteiger partial charge on any atom is 0.127 e. The van der Waals surface area contributed by atoms with Gasteiger partial charge in [0, 0.05) is 11.1 Å². The van der Waals surface area contributed by atoms with Crippen molar-refractivity contribution in [2.75, 3.05) is 0 Å². The van der Waals surface area contributed by atoms with Gasteiger partial charge in [0.05, 0.1) is 0 Å². The number of aromatic hydroxyl groups is 1. The van der Waals surface area contributed by atoms with Gasteiger partial charge in [-0.2, -0.15) is 0 Å². The molecule has 0 fully saturated rings. The maximum absolute atomic E-state index is 11.4. The zero-order valence-corrected chi connectivity index (χ0v) is 19.0. The van der Waals surface area contributed by atoms with E-state index in [0.717, 1.165) is 23.1 Å². The molecule has 3 aromatic rings. The zero-order chi connectivity index (χ0) is 21.7. The molecule has 0 radical (unpaired) electrons. The summed E-state index contributed by atoms with van der Waals surface area (Å²) in [4.78, 5) is 0. The number of hydrogen-bond donors (Lipinski definition) is 1. The van der Waals surface area contributed by atoms with Gasteiger partial charge in [-0.15, -0.1) is 0 Å². The van der Waals surface area contributed by atoms with Crippen LogP contribution in [-0.4, -0.2) is 5.11 Å². The van der Waals surface area contributed by atoms with E-state index in [0.29, 0.717) is 5.75 Å². The second-order valence-electron chi connectivity index (χ2n) is 10.5. The molecule has 0 aliphatic heterocycles. The summed E-state index contributed by atoms with van der Waals surface area (Å²) in [5.41, 5.74) is 9.32. The molecular formula is C29H32O. The van der Waals surface area contributed by atoms with E-state index in [1.54, 1.807) is 0 Å². The van der Waals surface area contributed by atoms with Gasteiger partial charge in [-0.05, 0) is 56.7 Å². The minimum Gasteiger partial charge on any atom is -0.507 e. The van der Waals surface area contributed by atoms with E-state index in [9.17, 15) is 5.11 Å². The molecule has 30 heavy (non-hydrogen) atoms. The van der Waals surface area contributed by atoms with Gasteiger partial charge in [0.15, 0.2) is 0 Å². The Bertz CT molecular complexity index is 1130. The SMILES string of the molecule is CC(C)(C)c1cc(-c2ccccc2C2=Cc3ccccc3C2)c(O)c(C(C)(C)C)c1. The van der Waals surface area contributed by atoms with Crippen molar-refractivity contribution in [3.05, 3.63) is 88.5 Å². The topological polar surface area (TPSA) is 20.2 Å². The van der Waals surface area contributed by atoms with Crippen LogP contribution in [0.25, 0.3) is 22.8 Å². The van der Waals surface area contributed by atoms with Crippen LogP contribution in [0.5, 0.6) is 5.75 Å². The van der Waals surface area contributed by atoms with E-state index in [-0.39, 0.29) is 10.8 Å². The third-order valence-electron chi connectivity index (χ3n) is 6.11. The first-order valence-corrected chi connectivity index (χ1v) is 10.8. The normalized spacial score (nSPS) is 13.9. The molecule has 0 saturated carbocycles. The summed E-state index contributed by atoms with van der Waals surface area (Å²) in [7, 11) is 0. The fourth-order valence-electron chi connectivity index (χ4n) is 4.30. The Labute approximate surface area is 181 Å². The van der Waals surface area contributed by atoms with Crippen LogP contribution in [0.2, 0.25) is 0 Å². The minimum absolute atomic E-state index is 0.000254. The Morgan fingerprint density at radius 1 is 0.700 bits per heavy atom. The first-order valence-electron chi connectivity index (χ1n) is 10.8. The lowest BCUT2D eigenvalue weighted by Crippen LogP contribution is -2.17. The quantitative estimate of drug-likeness (QED) is 0.469. The van der Waals surface area contributed by atoms with Gasteiger partial charge in [0.2, 0.25) is 0 Å². The molecule has 0 spiro atoms. The van der Waals surface area contributed by atoms with Crippen LogP contribution in [0.3, 0.4) is 0 Å². The summed E-state index contributed by atoms with van der Waals surface area (Å²) >= 11 is 0. The van der Waals surface area contributed by atoms with Crippen LogP contribution in [0, 0.1) is 0 Å². The third kappa shape index (κ3) is 3.69. The zero-order valence-electron chi connectivity index (χ0n) is 19.0. The maximum atomic E-state index is 11.4. The number of fused-ring (bicyclic) bond motifs is 1. The number of allylic oxidation sites excluding steroid dienone is 1. The molecule has 0 saturated heterocycles. The number of phenolic OH excluding ortho intramolecular Hbond substituents is 1. The largest absolute Gasteiger partial charge is 0.507 e. The van der Waals surface area contributed by atoms with Crippen molar-refractivity contribution < 1.29 is 5.11 Å². The Hall–Kier alpha value is -2.80. The van der Waals surface area contributed by atoms with E-state index in [4.69, 9.17) is 0 Å². The van der Waals surface area contributed by atoms with Gasteiger partial charge in [0.1, 0.15) is 5.75 Å². The summed E-state index contributed by atoms with van der Waals surface area (Å²) in [6, 6.07) is 21.5. The summed E-state index contributed by atoms with van der Waals surface area (Å²) in [5.74, 6) is 0.402. The lowest BCUT2D eigenvalue weighted by atomic mass is 9.77. The number of phenols is 1. The van der Waals surface area contributed by atoms with E-state index >= 15 is 0 Å². The summed E-state index contributed by atoms with van der Waals surface area (Å²) in [6.07, 6.45) is 3.22. The van der Waals surface area contributed by atoms with E-state index in [1.807, 2.05) is 0 Å². The molecule has 0 bridgehead atoms. The molecule has 0 amide bonds. The highest BCUT2D eigenvalue weighted by atomic mass is 16.3. The smallest absolute Gasteiger partial charge is 0.127 e. The summed E-state index contributed by atoms with van der Waals surface area (Å²) in [6.45, 7) is 13.2. The number of benzene rings is 3. The fourth-order valence-corrected chi connectivity index (χ4v) is 4.30. The van der Waals surface area contributed by atoms with Crippen molar-refractivity contribution in [2.45, 2.75) is 58.8 Å². The highest BCUT2D eigenvalue weighted by Gasteiger charge is 2.27. The van der Waals surface area contributed by atoms with Crippen LogP contribution in [0.1, 0.15) is 69.4 Å². The highest BCUT2D eigenvalue weighted by Crippen LogP contribution is 2.45. The van der Waals surface area contributed by atoms with Crippen LogP contribution in [0.4, 0.5) is 0 Å². The van der Waals surface area contributed by atoms with Gasteiger partial charge in [-0.1, -0.05) is 102 Å². The monoisotopic (exact) mass is 396 g/mol.